The van der Waals surface area contributed by atoms with E-state index in [9.17, 15) is 4.79 Å². The van der Waals surface area contributed by atoms with E-state index in [0.29, 0.717) is 18.2 Å². The van der Waals surface area contributed by atoms with Gasteiger partial charge in [0.15, 0.2) is 6.61 Å². The molecule has 134 valence electrons. The van der Waals surface area contributed by atoms with Gasteiger partial charge in [0.05, 0.1) is 6.10 Å². The van der Waals surface area contributed by atoms with E-state index in [1.54, 1.807) is 0 Å². The van der Waals surface area contributed by atoms with Crippen LogP contribution in [0, 0.1) is 0 Å². The average molecular weight is 341 g/mol. The first-order chi connectivity index (χ1) is 11.9. The summed E-state index contributed by atoms with van der Waals surface area (Å²) in [7, 11) is 0. The van der Waals surface area contributed by atoms with Crippen LogP contribution in [0.2, 0.25) is 0 Å². The van der Waals surface area contributed by atoms with Gasteiger partial charge >= 0.3 is 0 Å². The first-order valence-electron chi connectivity index (χ1n) is 8.69. The third-order valence-corrected chi connectivity index (χ3v) is 3.68. The molecule has 0 atom stereocenters. The molecule has 0 saturated carbocycles. The Morgan fingerprint density at radius 3 is 2.36 bits per heavy atom. The van der Waals surface area contributed by atoms with Crippen molar-refractivity contribution in [1.82, 2.24) is 5.32 Å². The van der Waals surface area contributed by atoms with Gasteiger partial charge in [0, 0.05) is 6.54 Å². The van der Waals surface area contributed by atoms with E-state index in [2.05, 4.69) is 19.2 Å². The van der Waals surface area contributed by atoms with E-state index in [-0.39, 0.29) is 18.6 Å². The molecule has 0 bridgehead atoms. The molecule has 4 heteroatoms. The van der Waals surface area contributed by atoms with E-state index < -0.39 is 0 Å². The summed E-state index contributed by atoms with van der Waals surface area (Å²) in [5.74, 6) is 1.84. The van der Waals surface area contributed by atoms with Crippen LogP contribution in [-0.2, 0) is 11.3 Å². The lowest BCUT2D eigenvalue weighted by Crippen LogP contribution is -2.28. The molecule has 4 nitrogen and oxygen atoms in total. The average Bonchev–Trinajstić information content (AvgIpc) is 2.58. The maximum absolute atomic E-state index is 12.0. The molecule has 0 spiro atoms. The number of amides is 1. The topological polar surface area (TPSA) is 47.6 Å². The van der Waals surface area contributed by atoms with Crippen molar-refractivity contribution < 1.29 is 14.3 Å². The van der Waals surface area contributed by atoms with Crippen molar-refractivity contribution in [3.8, 4) is 11.5 Å². The lowest BCUT2D eigenvalue weighted by molar-refractivity contribution is -0.123. The van der Waals surface area contributed by atoms with Crippen LogP contribution in [0.15, 0.2) is 48.5 Å². The number of rotatable bonds is 8. The maximum atomic E-state index is 12.0. The molecule has 0 radical (unpaired) electrons. The van der Waals surface area contributed by atoms with Crippen LogP contribution in [0.5, 0.6) is 11.5 Å². The number of hydrogen-bond donors (Lipinski definition) is 1. The van der Waals surface area contributed by atoms with E-state index >= 15 is 0 Å². The van der Waals surface area contributed by atoms with Crippen molar-refractivity contribution in [2.75, 3.05) is 6.61 Å². The summed E-state index contributed by atoms with van der Waals surface area (Å²) in [5.41, 5.74) is 2.24. The molecule has 1 N–H and O–H groups in total. The molecule has 0 aliphatic rings. The zero-order chi connectivity index (χ0) is 18.2. The van der Waals surface area contributed by atoms with E-state index in [4.69, 9.17) is 9.47 Å². The minimum absolute atomic E-state index is 0.00318. The largest absolute Gasteiger partial charge is 0.491 e. The molecular formula is C21H27NO3. The summed E-state index contributed by atoms with van der Waals surface area (Å²) < 4.78 is 11.2. The van der Waals surface area contributed by atoms with Gasteiger partial charge in [-0.15, -0.1) is 0 Å². The minimum atomic E-state index is -0.150. The summed E-state index contributed by atoms with van der Waals surface area (Å²) in [6.07, 6.45) is 0.125. The third kappa shape index (κ3) is 6.49. The van der Waals surface area contributed by atoms with Crippen LogP contribution < -0.4 is 14.8 Å². The first kappa shape index (κ1) is 18.8. The molecule has 0 heterocycles. The van der Waals surface area contributed by atoms with Gasteiger partial charge in [0.1, 0.15) is 11.5 Å². The fourth-order valence-corrected chi connectivity index (χ4v) is 2.35. The Hall–Kier alpha value is -2.49. The fourth-order valence-electron chi connectivity index (χ4n) is 2.35. The van der Waals surface area contributed by atoms with Crippen LogP contribution in [0.4, 0.5) is 0 Å². The Morgan fingerprint density at radius 1 is 1.00 bits per heavy atom. The zero-order valence-corrected chi connectivity index (χ0v) is 15.4. The summed E-state index contributed by atoms with van der Waals surface area (Å²) in [6.45, 7) is 8.71. The van der Waals surface area contributed by atoms with Gasteiger partial charge in [0.25, 0.3) is 5.91 Å². The molecule has 1 amide bonds. The first-order valence-corrected chi connectivity index (χ1v) is 8.69. The predicted octanol–water partition coefficient (Wildman–Crippen LogP) is 4.29. The van der Waals surface area contributed by atoms with Gasteiger partial charge in [-0.1, -0.05) is 38.1 Å². The zero-order valence-electron chi connectivity index (χ0n) is 15.4. The number of ether oxygens (including phenoxy) is 2. The maximum Gasteiger partial charge on any atom is 0.258 e. The monoisotopic (exact) mass is 341 g/mol. The minimum Gasteiger partial charge on any atom is -0.491 e. The number of nitrogens with one attached hydrogen (secondary N) is 1. The number of carbonyl (C=O) groups excluding carboxylic acids is 1. The molecule has 2 rings (SSSR count). The standard InChI is InChI=1S/C21H27NO3/c1-15(2)18-8-10-19(11-9-18)24-14-21(23)22-13-17-6-5-7-20(12-17)25-16(3)4/h5-12,15-16H,13-14H2,1-4H3,(H,22,23). The van der Waals surface area contributed by atoms with E-state index in [1.807, 2.05) is 62.4 Å². The third-order valence-electron chi connectivity index (χ3n) is 3.68. The number of benzene rings is 2. The Kier molecular flexibility index (Phi) is 6.87. The van der Waals surface area contributed by atoms with Crippen molar-refractivity contribution in [1.29, 1.82) is 0 Å². The highest BCUT2D eigenvalue weighted by Gasteiger charge is 2.05. The van der Waals surface area contributed by atoms with Gasteiger partial charge in [-0.25, -0.2) is 0 Å². The second-order valence-electron chi connectivity index (χ2n) is 6.60. The van der Waals surface area contributed by atoms with Gasteiger partial charge < -0.3 is 14.8 Å². The van der Waals surface area contributed by atoms with Gasteiger partial charge in [-0.05, 0) is 55.2 Å². The van der Waals surface area contributed by atoms with Gasteiger partial charge in [-0.3, -0.25) is 4.79 Å². The van der Waals surface area contributed by atoms with Crippen LogP contribution in [0.1, 0.15) is 44.7 Å². The van der Waals surface area contributed by atoms with Crippen molar-refractivity contribution in [2.45, 2.75) is 46.3 Å². The SMILES string of the molecule is CC(C)Oc1cccc(CNC(=O)COc2ccc(C(C)C)cc2)c1. The van der Waals surface area contributed by atoms with Crippen molar-refractivity contribution in [3.05, 3.63) is 59.7 Å². The molecule has 0 unspecified atom stereocenters. The second-order valence-corrected chi connectivity index (χ2v) is 6.60. The molecule has 0 aliphatic heterocycles. The molecule has 0 aliphatic carbocycles. The molecule has 2 aromatic carbocycles. The highest BCUT2D eigenvalue weighted by Crippen LogP contribution is 2.18. The fraction of sp³-hybridized carbons (Fsp3) is 0.381. The normalized spacial score (nSPS) is 10.8. The van der Waals surface area contributed by atoms with Crippen molar-refractivity contribution in [2.24, 2.45) is 0 Å². The Labute approximate surface area is 150 Å². The van der Waals surface area contributed by atoms with Crippen LogP contribution >= 0.6 is 0 Å². The molecular weight excluding hydrogens is 314 g/mol. The van der Waals surface area contributed by atoms with E-state index in [1.165, 1.54) is 5.56 Å². The van der Waals surface area contributed by atoms with Crippen molar-refractivity contribution >= 4 is 5.91 Å². The summed E-state index contributed by atoms with van der Waals surface area (Å²) in [5, 5.41) is 2.86. The number of hydrogen-bond acceptors (Lipinski definition) is 3. The van der Waals surface area contributed by atoms with Crippen LogP contribution in [0.3, 0.4) is 0 Å². The van der Waals surface area contributed by atoms with Crippen LogP contribution in [0.25, 0.3) is 0 Å². The molecule has 0 fully saturated rings. The Bertz CT molecular complexity index is 678. The molecule has 2 aromatic rings. The molecule has 0 aromatic heterocycles. The number of carbonyl (C=O) groups is 1. The summed E-state index contributed by atoms with van der Waals surface area (Å²) in [6, 6.07) is 15.6. The highest BCUT2D eigenvalue weighted by atomic mass is 16.5. The Morgan fingerprint density at radius 2 is 1.72 bits per heavy atom. The van der Waals surface area contributed by atoms with Gasteiger partial charge in [-0.2, -0.15) is 0 Å². The quantitative estimate of drug-likeness (QED) is 0.779. The lowest BCUT2D eigenvalue weighted by Gasteiger charge is -2.12. The smallest absolute Gasteiger partial charge is 0.258 e. The van der Waals surface area contributed by atoms with E-state index in [0.717, 1.165) is 11.3 Å². The Balaban J connectivity index is 1.78. The summed E-state index contributed by atoms with van der Waals surface area (Å²) in [4.78, 5) is 12.0. The van der Waals surface area contributed by atoms with Crippen molar-refractivity contribution in [3.63, 3.8) is 0 Å². The molecule has 0 saturated heterocycles. The lowest BCUT2D eigenvalue weighted by atomic mass is 10.0. The summed E-state index contributed by atoms with van der Waals surface area (Å²) >= 11 is 0. The van der Waals surface area contributed by atoms with Crippen LogP contribution in [-0.4, -0.2) is 18.6 Å². The highest BCUT2D eigenvalue weighted by molar-refractivity contribution is 5.77. The van der Waals surface area contributed by atoms with Gasteiger partial charge in [0.2, 0.25) is 0 Å². The predicted molar refractivity (Wildman–Crippen MR) is 100 cm³/mol. The second kappa shape index (κ2) is 9.11. The molecule has 25 heavy (non-hydrogen) atoms.